The van der Waals surface area contributed by atoms with Crippen LogP contribution in [-0.2, 0) is 14.9 Å². The topological polar surface area (TPSA) is 35.5 Å². The molecule has 1 fully saturated rings. The second kappa shape index (κ2) is 5.38. The van der Waals surface area contributed by atoms with E-state index >= 15 is 0 Å². The van der Waals surface area contributed by atoms with Crippen molar-refractivity contribution in [3.05, 3.63) is 29.8 Å². The Balaban J connectivity index is 2.07. The Morgan fingerprint density at radius 2 is 2.00 bits per heavy atom. The minimum absolute atomic E-state index is 0.0579. The summed E-state index contributed by atoms with van der Waals surface area (Å²) in [6.07, 6.45) is 1.66. The molecule has 1 aromatic rings. The summed E-state index contributed by atoms with van der Waals surface area (Å²) in [6.45, 7) is 1.76. The zero-order chi connectivity index (χ0) is 13.0. The molecule has 18 heavy (non-hydrogen) atoms. The van der Waals surface area contributed by atoms with Crippen molar-refractivity contribution in [2.75, 3.05) is 19.9 Å². The van der Waals surface area contributed by atoms with Crippen molar-refractivity contribution in [1.29, 1.82) is 0 Å². The number of hydrogen-bond acceptors (Lipinski definition) is 3. The zero-order valence-corrected chi connectivity index (χ0v) is 10.4. The van der Waals surface area contributed by atoms with Crippen LogP contribution in [-0.4, -0.2) is 25.9 Å². The molecule has 1 aromatic carbocycles. The fourth-order valence-electron chi connectivity index (χ4n) is 2.03. The molecule has 0 aliphatic heterocycles. The van der Waals surface area contributed by atoms with Crippen molar-refractivity contribution in [1.82, 2.24) is 0 Å². The molecule has 0 amide bonds. The maximum Gasteiger partial charge on any atom is 0.316 e. The Morgan fingerprint density at radius 1 is 1.33 bits per heavy atom. The van der Waals surface area contributed by atoms with Crippen LogP contribution in [0.1, 0.15) is 25.3 Å². The lowest BCUT2D eigenvalue weighted by atomic mass is 9.96. The molecule has 1 aliphatic rings. The largest absolute Gasteiger partial charge is 0.491 e. The molecule has 0 saturated heterocycles. The van der Waals surface area contributed by atoms with E-state index in [4.69, 9.17) is 9.47 Å². The molecule has 1 saturated carbocycles. The van der Waals surface area contributed by atoms with E-state index < -0.39 is 12.1 Å². The Kier molecular flexibility index (Phi) is 3.84. The van der Waals surface area contributed by atoms with Crippen molar-refractivity contribution < 1.29 is 18.7 Å². The van der Waals surface area contributed by atoms with Crippen LogP contribution >= 0.6 is 0 Å². The first-order valence-electron chi connectivity index (χ1n) is 6.19. The van der Waals surface area contributed by atoms with Crippen LogP contribution in [0.4, 0.5) is 4.39 Å². The van der Waals surface area contributed by atoms with E-state index in [1.165, 1.54) is 0 Å². The third kappa shape index (κ3) is 2.47. The highest BCUT2D eigenvalue weighted by atomic mass is 19.1. The van der Waals surface area contributed by atoms with Crippen molar-refractivity contribution >= 4 is 5.97 Å². The number of alkyl halides is 1. The summed E-state index contributed by atoms with van der Waals surface area (Å²) in [5, 5.41) is 0. The molecule has 0 heterocycles. The maximum absolute atomic E-state index is 12.0. The van der Waals surface area contributed by atoms with Crippen molar-refractivity contribution in [3.8, 4) is 5.75 Å². The van der Waals surface area contributed by atoms with E-state index in [1.54, 1.807) is 12.1 Å². The molecule has 0 unspecified atom stereocenters. The van der Waals surface area contributed by atoms with Crippen LogP contribution < -0.4 is 4.74 Å². The van der Waals surface area contributed by atoms with Crippen molar-refractivity contribution in [3.63, 3.8) is 0 Å². The highest BCUT2D eigenvalue weighted by molar-refractivity contribution is 5.86. The fraction of sp³-hybridized carbons (Fsp3) is 0.500. The fourth-order valence-corrected chi connectivity index (χ4v) is 2.03. The van der Waals surface area contributed by atoms with E-state index in [0.717, 1.165) is 18.4 Å². The number of carbonyl (C=O) groups excluding carboxylic acids is 1. The first kappa shape index (κ1) is 12.9. The number of ether oxygens (including phenoxy) is 2. The first-order chi connectivity index (χ1) is 8.73. The lowest BCUT2D eigenvalue weighted by molar-refractivity contribution is -0.146. The number of esters is 1. The SMILES string of the molecule is CCOC(=O)C1(c2ccc(OCCF)cc2)CC1. The van der Waals surface area contributed by atoms with E-state index in [-0.39, 0.29) is 12.6 Å². The molecule has 0 spiro atoms. The van der Waals surface area contributed by atoms with Crippen LogP contribution in [0.15, 0.2) is 24.3 Å². The molecule has 0 radical (unpaired) electrons. The highest BCUT2D eigenvalue weighted by Crippen LogP contribution is 2.49. The molecule has 0 bridgehead atoms. The van der Waals surface area contributed by atoms with Gasteiger partial charge >= 0.3 is 5.97 Å². The Hall–Kier alpha value is -1.58. The molecule has 0 aromatic heterocycles. The number of hydrogen-bond donors (Lipinski definition) is 0. The van der Waals surface area contributed by atoms with Gasteiger partial charge in [-0.15, -0.1) is 0 Å². The Labute approximate surface area is 106 Å². The van der Waals surface area contributed by atoms with Crippen LogP contribution in [0.3, 0.4) is 0 Å². The van der Waals surface area contributed by atoms with Gasteiger partial charge in [0.05, 0.1) is 12.0 Å². The smallest absolute Gasteiger partial charge is 0.316 e. The standard InChI is InChI=1S/C14H17FO3/c1-2-17-13(16)14(7-8-14)11-3-5-12(6-4-11)18-10-9-15/h3-6H,2,7-10H2,1H3. The number of benzene rings is 1. The molecular formula is C14H17FO3. The van der Waals surface area contributed by atoms with Gasteiger partial charge < -0.3 is 9.47 Å². The van der Waals surface area contributed by atoms with Gasteiger partial charge in [0.1, 0.15) is 19.0 Å². The van der Waals surface area contributed by atoms with E-state index in [9.17, 15) is 9.18 Å². The summed E-state index contributed by atoms with van der Waals surface area (Å²) in [5.74, 6) is 0.471. The monoisotopic (exact) mass is 252 g/mol. The third-order valence-electron chi connectivity index (χ3n) is 3.17. The number of rotatable bonds is 6. The van der Waals surface area contributed by atoms with Crippen LogP contribution in [0.2, 0.25) is 0 Å². The van der Waals surface area contributed by atoms with Crippen LogP contribution in [0.25, 0.3) is 0 Å². The first-order valence-corrected chi connectivity index (χ1v) is 6.19. The number of carbonyl (C=O) groups is 1. The van der Waals surface area contributed by atoms with Gasteiger partial charge in [-0.05, 0) is 37.5 Å². The molecule has 1 aliphatic carbocycles. The molecule has 4 heteroatoms. The van der Waals surface area contributed by atoms with Gasteiger partial charge in [-0.25, -0.2) is 4.39 Å². The Bertz CT molecular complexity index is 410. The third-order valence-corrected chi connectivity index (χ3v) is 3.17. The predicted molar refractivity (Wildman–Crippen MR) is 65.5 cm³/mol. The quantitative estimate of drug-likeness (QED) is 0.730. The average Bonchev–Trinajstić information content (AvgIpc) is 3.19. The summed E-state index contributed by atoms with van der Waals surface area (Å²) in [7, 11) is 0. The maximum atomic E-state index is 12.0. The highest BCUT2D eigenvalue weighted by Gasteiger charge is 2.52. The van der Waals surface area contributed by atoms with Crippen molar-refractivity contribution in [2.24, 2.45) is 0 Å². The van der Waals surface area contributed by atoms with E-state index in [0.29, 0.717) is 12.4 Å². The summed E-state index contributed by atoms with van der Waals surface area (Å²) in [6, 6.07) is 7.25. The normalized spacial score (nSPS) is 16.1. The molecule has 2 rings (SSSR count). The van der Waals surface area contributed by atoms with Crippen LogP contribution in [0, 0.1) is 0 Å². The average molecular weight is 252 g/mol. The van der Waals surface area contributed by atoms with Gasteiger partial charge in [-0.3, -0.25) is 4.79 Å². The molecule has 0 atom stereocenters. The zero-order valence-electron chi connectivity index (χ0n) is 10.4. The summed E-state index contributed by atoms with van der Waals surface area (Å²) >= 11 is 0. The van der Waals surface area contributed by atoms with E-state index in [2.05, 4.69) is 0 Å². The van der Waals surface area contributed by atoms with Gasteiger partial charge in [0, 0.05) is 0 Å². The molecule has 3 nitrogen and oxygen atoms in total. The van der Waals surface area contributed by atoms with Gasteiger partial charge in [0.15, 0.2) is 0 Å². The van der Waals surface area contributed by atoms with E-state index in [1.807, 2.05) is 19.1 Å². The minimum atomic E-state index is -0.505. The summed E-state index contributed by atoms with van der Waals surface area (Å²) < 4.78 is 22.2. The molecule has 98 valence electrons. The van der Waals surface area contributed by atoms with Crippen LogP contribution in [0.5, 0.6) is 5.75 Å². The molecular weight excluding hydrogens is 235 g/mol. The minimum Gasteiger partial charge on any atom is -0.491 e. The van der Waals surface area contributed by atoms with Gasteiger partial charge in [0.25, 0.3) is 0 Å². The second-order valence-electron chi connectivity index (χ2n) is 4.36. The Morgan fingerprint density at radius 3 is 2.50 bits per heavy atom. The summed E-state index contributed by atoms with van der Waals surface area (Å²) in [4.78, 5) is 11.9. The second-order valence-corrected chi connectivity index (χ2v) is 4.36. The van der Waals surface area contributed by atoms with Gasteiger partial charge in [0.2, 0.25) is 0 Å². The van der Waals surface area contributed by atoms with Gasteiger partial charge in [-0.2, -0.15) is 0 Å². The summed E-state index contributed by atoms with van der Waals surface area (Å²) in [5.41, 5.74) is 0.503. The lowest BCUT2D eigenvalue weighted by Gasteiger charge is -2.14. The van der Waals surface area contributed by atoms with Crippen molar-refractivity contribution in [2.45, 2.75) is 25.2 Å². The predicted octanol–water partition coefficient (Wildman–Crippen LogP) is 2.63. The number of halogens is 1. The lowest BCUT2D eigenvalue weighted by Crippen LogP contribution is -2.23. The molecule has 0 N–H and O–H groups in total. The van der Waals surface area contributed by atoms with Gasteiger partial charge in [-0.1, -0.05) is 12.1 Å².